The third-order valence-electron chi connectivity index (χ3n) is 6.75. The highest BCUT2D eigenvalue weighted by Gasteiger charge is 2.17. The van der Waals surface area contributed by atoms with Crippen molar-refractivity contribution in [1.82, 2.24) is 0 Å². The summed E-state index contributed by atoms with van der Waals surface area (Å²) in [5, 5.41) is 3.23. The van der Waals surface area contributed by atoms with Gasteiger partial charge in [-0.05, 0) is 88.5 Å². The second-order valence-electron chi connectivity index (χ2n) is 9.48. The average molecular weight is 500 g/mol. The molecule has 2 unspecified atom stereocenters. The molecule has 0 amide bonds. The topological polar surface area (TPSA) is 46.5 Å². The molecule has 0 aliphatic heterocycles. The predicted molar refractivity (Wildman–Crippen MR) is 161 cm³/mol. The highest BCUT2D eigenvalue weighted by molar-refractivity contribution is 6.09. The number of allylic oxidation sites excluding steroid dienone is 10. The number of hydrogen-bond donors (Lipinski definition) is 0. The second-order valence-corrected chi connectivity index (χ2v) is 9.48. The van der Waals surface area contributed by atoms with Crippen LogP contribution in [-0.4, -0.2) is 11.8 Å². The van der Waals surface area contributed by atoms with Crippen LogP contribution in [0.5, 0.6) is 0 Å². The molecule has 1 aromatic carbocycles. The minimum atomic E-state index is -0.226. The highest BCUT2D eigenvalue weighted by atomic mass is 16.3. The maximum absolute atomic E-state index is 13.5. The second kappa shape index (κ2) is 18.0. The smallest absolute Gasteiger partial charge is 0.189 e. The van der Waals surface area contributed by atoms with Crippen LogP contribution in [-0.2, 0) is 12.8 Å². The number of nitroso groups, excluding NO2 is 1. The number of benzene rings is 1. The van der Waals surface area contributed by atoms with E-state index >= 15 is 0 Å². The Morgan fingerprint density at radius 3 is 2.51 bits per heavy atom. The van der Waals surface area contributed by atoms with Crippen LogP contribution >= 0.6 is 0 Å². The molecular formula is C34H45NO2. The lowest BCUT2D eigenvalue weighted by Gasteiger charge is -2.15. The van der Waals surface area contributed by atoms with Crippen LogP contribution in [0.2, 0.25) is 0 Å². The summed E-state index contributed by atoms with van der Waals surface area (Å²) in [6.07, 6.45) is 21.3. The molecule has 0 saturated heterocycles. The maximum atomic E-state index is 13.5. The van der Waals surface area contributed by atoms with E-state index in [1.165, 1.54) is 11.1 Å². The lowest BCUT2D eigenvalue weighted by atomic mass is 9.91. The maximum Gasteiger partial charge on any atom is 0.189 e. The van der Waals surface area contributed by atoms with Crippen molar-refractivity contribution < 1.29 is 4.79 Å². The van der Waals surface area contributed by atoms with E-state index in [0.29, 0.717) is 12.0 Å². The number of carbonyl (C=O) groups excluding carboxylic acids is 1. The first-order valence-corrected chi connectivity index (χ1v) is 13.3. The van der Waals surface area contributed by atoms with Crippen LogP contribution in [0, 0.1) is 10.8 Å². The Kier molecular flexibility index (Phi) is 15.4. The molecule has 0 aliphatic carbocycles. The van der Waals surface area contributed by atoms with Crippen LogP contribution in [0.4, 0.5) is 0 Å². The van der Waals surface area contributed by atoms with Crippen LogP contribution in [0.3, 0.4) is 0 Å². The van der Waals surface area contributed by atoms with Gasteiger partial charge in [-0.15, -0.1) is 13.2 Å². The van der Waals surface area contributed by atoms with Crippen molar-refractivity contribution in [1.29, 1.82) is 0 Å². The van der Waals surface area contributed by atoms with E-state index in [4.69, 9.17) is 0 Å². The van der Waals surface area contributed by atoms with Crippen LogP contribution in [0.25, 0.3) is 0 Å². The molecule has 2 atom stereocenters. The number of nitrogens with zero attached hydrogens (tertiary/aromatic N) is 1. The van der Waals surface area contributed by atoms with Gasteiger partial charge in [-0.25, -0.2) is 0 Å². The standard InChI is InChI=1S/C34H45NO2/c1-8-13-18-28(10-3)20-21-29-22-23-31(24-26(6)9-2)32(25-29)34(36)27(7)17-15-14-16-19-30(11-4)33(12-5)35-37/h8-11,14-15,17-18,22-23,25,30,33H,1,3-4,12-13,16,19-21,24H2,2,5-7H3/b15-14+,26-9+,27-17+,28-18+. The van der Waals surface area contributed by atoms with E-state index in [2.05, 4.69) is 62.2 Å². The third-order valence-corrected chi connectivity index (χ3v) is 6.75. The molecule has 0 aromatic heterocycles. The fourth-order valence-corrected chi connectivity index (χ4v) is 4.17. The Morgan fingerprint density at radius 1 is 1.16 bits per heavy atom. The zero-order valence-corrected chi connectivity index (χ0v) is 23.3. The summed E-state index contributed by atoms with van der Waals surface area (Å²) in [6, 6.07) is 6.06. The van der Waals surface area contributed by atoms with Gasteiger partial charge in [0.15, 0.2) is 5.78 Å². The number of aryl methyl sites for hydroxylation is 1. The number of carbonyl (C=O) groups is 1. The number of hydrogen-bond acceptors (Lipinski definition) is 3. The Morgan fingerprint density at radius 2 is 1.92 bits per heavy atom. The first-order valence-electron chi connectivity index (χ1n) is 13.3. The van der Waals surface area contributed by atoms with Gasteiger partial charge >= 0.3 is 0 Å². The summed E-state index contributed by atoms with van der Waals surface area (Å²) < 4.78 is 0. The zero-order chi connectivity index (χ0) is 27.6. The molecule has 0 spiro atoms. The molecule has 1 rings (SSSR count). The Hall–Kier alpha value is -3.33. The van der Waals surface area contributed by atoms with Gasteiger partial charge in [0.1, 0.15) is 0 Å². The van der Waals surface area contributed by atoms with Gasteiger partial charge in [0, 0.05) is 11.5 Å². The van der Waals surface area contributed by atoms with Crippen LogP contribution in [0.15, 0.2) is 108 Å². The molecule has 3 heteroatoms. The van der Waals surface area contributed by atoms with Gasteiger partial charge in [0.05, 0.1) is 6.04 Å². The molecular weight excluding hydrogens is 454 g/mol. The average Bonchev–Trinajstić information content (AvgIpc) is 2.92. The Balaban J connectivity index is 3.07. The van der Waals surface area contributed by atoms with Crippen LogP contribution < -0.4 is 0 Å². The molecule has 0 saturated carbocycles. The molecule has 37 heavy (non-hydrogen) atoms. The van der Waals surface area contributed by atoms with Crippen LogP contribution in [0.1, 0.15) is 81.3 Å². The van der Waals surface area contributed by atoms with Crippen molar-refractivity contribution in [3.63, 3.8) is 0 Å². The summed E-state index contributed by atoms with van der Waals surface area (Å²) >= 11 is 0. The van der Waals surface area contributed by atoms with E-state index in [1.54, 1.807) is 0 Å². The zero-order valence-electron chi connectivity index (χ0n) is 23.3. The summed E-state index contributed by atoms with van der Waals surface area (Å²) in [7, 11) is 0. The monoisotopic (exact) mass is 499 g/mol. The van der Waals surface area contributed by atoms with Crippen molar-refractivity contribution >= 4 is 5.78 Å². The van der Waals surface area contributed by atoms with Gasteiger partial charge in [0.25, 0.3) is 0 Å². The first-order chi connectivity index (χ1) is 17.8. The van der Waals surface area contributed by atoms with Crippen molar-refractivity contribution in [2.24, 2.45) is 11.1 Å². The molecule has 1 aromatic rings. The van der Waals surface area contributed by atoms with E-state index in [1.807, 2.05) is 57.2 Å². The lowest BCUT2D eigenvalue weighted by Crippen LogP contribution is -2.14. The minimum Gasteiger partial charge on any atom is -0.289 e. The van der Waals surface area contributed by atoms with Crippen molar-refractivity contribution in [2.75, 3.05) is 0 Å². The first kappa shape index (κ1) is 31.7. The fourth-order valence-electron chi connectivity index (χ4n) is 4.17. The van der Waals surface area contributed by atoms with E-state index in [9.17, 15) is 9.70 Å². The van der Waals surface area contributed by atoms with E-state index < -0.39 is 0 Å². The number of rotatable bonds is 18. The van der Waals surface area contributed by atoms with Crippen molar-refractivity contribution in [2.45, 2.75) is 78.7 Å². The van der Waals surface area contributed by atoms with Gasteiger partial charge in [-0.2, -0.15) is 4.91 Å². The Labute approximate surface area is 225 Å². The third kappa shape index (κ3) is 11.1. The molecule has 0 N–H and O–H groups in total. The molecule has 0 bridgehead atoms. The van der Waals surface area contributed by atoms with Gasteiger partial charge in [-0.1, -0.05) is 90.6 Å². The molecule has 0 radical (unpaired) electrons. The largest absolute Gasteiger partial charge is 0.289 e. The molecule has 0 heterocycles. The number of Topliss-reactive ketones (excluding diaryl/α,β-unsaturated/α-hetero) is 1. The van der Waals surface area contributed by atoms with Gasteiger partial charge < -0.3 is 0 Å². The minimum absolute atomic E-state index is 0.0525. The summed E-state index contributed by atoms with van der Waals surface area (Å²) in [6.45, 7) is 19.5. The highest BCUT2D eigenvalue weighted by Crippen LogP contribution is 2.22. The normalized spacial score (nSPS) is 14.3. The molecule has 3 nitrogen and oxygen atoms in total. The van der Waals surface area contributed by atoms with E-state index in [-0.39, 0.29) is 17.7 Å². The summed E-state index contributed by atoms with van der Waals surface area (Å²) in [4.78, 5) is 24.5. The predicted octanol–water partition coefficient (Wildman–Crippen LogP) is 9.63. The fraction of sp³-hybridized carbons (Fsp3) is 0.382. The molecule has 198 valence electrons. The molecule has 0 fully saturated rings. The number of ketones is 1. The van der Waals surface area contributed by atoms with Gasteiger partial charge in [0.2, 0.25) is 0 Å². The lowest BCUT2D eigenvalue weighted by molar-refractivity contribution is 0.103. The Bertz CT molecular complexity index is 1050. The SMILES string of the molecule is C=CC/C=C(\C=C)CCc1ccc(C/C(C)=C/C)c(C(=O)/C(C)=C/C=C/CCC(C=C)C(CC)N=O)c1. The van der Waals surface area contributed by atoms with Gasteiger partial charge in [-0.3, -0.25) is 4.79 Å². The van der Waals surface area contributed by atoms with Crippen molar-refractivity contribution in [3.05, 3.63) is 125 Å². The molecule has 0 aliphatic rings. The summed E-state index contributed by atoms with van der Waals surface area (Å²) in [5.74, 6) is 0.129. The summed E-state index contributed by atoms with van der Waals surface area (Å²) in [5.41, 5.74) is 6.09. The van der Waals surface area contributed by atoms with Crippen molar-refractivity contribution in [3.8, 4) is 0 Å². The quantitative estimate of drug-likeness (QED) is 0.0663. The van der Waals surface area contributed by atoms with E-state index in [0.717, 1.165) is 55.2 Å².